The molecule has 4 aromatic carbocycles. The van der Waals surface area contributed by atoms with Gasteiger partial charge in [0.1, 0.15) is 0 Å². The first-order valence-electron chi connectivity index (χ1n) is 12.6. The number of nitro benzene ring substituents is 1. The van der Waals surface area contributed by atoms with E-state index in [1.165, 1.54) is 29.2 Å². The molecular formula is C30H21F3N2O6S. The van der Waals surface area contributed by atoms with Crippen LogP contribution >= 0.6 is 11.8 Å². The molecule has 4 aromatic rings. The van der Waals surface area contributed by atoms with Crippen molar-refractivity contribution in [1.29, 1.82) is 0 Å². The fraction of sp³-hybridized carbons (Fsp3) is 0.133. The third kappa shape index (κ3) is 5.93. The molecule has 1 fully saturated rings. The number of nitrogens with zero attached hydrogens (tertiary/aromatic N) is 2. The fourth-order valence-corrected chi connectivity index (χ4v) is 5.23. The number of thioether (sulfide) groups is 1. The molecule has 0 unspecified atom stereocenters. The standard InChI is InChI=1S/C30H21F3N2O6S/c1-2-40-26-14-18(10-12-25(26)41-24-13-11-21(30(31,32)33)16-23(24)35(38)39)15-27-28(36)34(29(37)42-27)17-20-8-5-7-19-6-3-4-9-22(19)20/h3-16H,2,17H2,1H3/b27-15-. The highest BCUT2D eigenvalue weighted by Crippen LogP contribution is 2.41. The van der Waals surface area contributed by atoms with E-state index in [9.17, 15) is 32.9 Å². The highest BCUT2D eigenvalue weighted by Gasteiger charge is 2.36. The van der Waals surface area contributed by atoms with Gasteiger partial charge in [0.15, 0.2) is 11.5 Å². The number of benzene rings is 4. The van der Waals surface area contributed by atoms with Gasteiger partial charge in [0.2, 0.25) is 5.75 Å². The fourth-order valence-electron chi connectivity index (χ4n) is 4.40. The second kappa shape index (κ2) is 11.6. The average Bonchev–Trinajstić information content (AvgIpc) is 3.21. The normalized spacial score (nSPS) is 14.6. The summed E-state index contributed by atoms with van der Waals surface area (Å²) in [5.74, 6) is -0.718. The summed E-state index contributed by atoms with van der Waals surface area (Å²) in [6, 6.07) is 19.8. The number of imide groups is 1. The van der Waals surface area contributed by atoms with Crippen LogP contribution in [0.3, 0.4) is 0 Å². The van der Waals surface area contributed by atoms with Crippen molar-refractivity contribution in [3.05, 3.63) is 111 Å². The number of alkyl halides is 3. The number of ether oxygens (including phenoxy) is 2. The van der Waals surface area contributed by atoms with Crippen molar-refractivity contribution < 1.29 is 37.2 Å². The number of nitro groups is 1. The van der Waals surface area contributed by atoms with Crippen molar-refractivity contribution in [3.63, 3.8) is 0 Å². The van der Waals surface area contributed by atoms with Crippen molar-refractivity contribution in [1.82, 2.24) is 4.90 Å². The largest absolute Gasteiger partial charge is 0.490 e. The van der Waals surface area contributed by atoms with Gasteiger partial charge in [0, 0.05) is 6.07 Å². The highest BCUT2D eigenvalue weighted by molar-refractivity contribution is 8.18. The molecule has 0 N–H and O–H groups in total. The molecule has 5 rings (SSSR count). The summed E-state index contributed by atoms with van der Waals surface area (Å²) < 4.78 is 50.4. The van der Waals surface area contributed by atoms with E-state index in [0.717, 1.165) is 34.2 Å². The van der Waals surface area contributed by atoms with Crippen molar-refractivity contribution >= 4 is 45.4 Å². The van der Waals surface area contributed by atoms with Gasteiger partial charge in [-0.15, -0.1) is 0 Å². The van der Waals surface area contributed by atoms with Crippen LogP contribution in [0.4, 0.5) is 23.7 Å². The molecule has 1 heterocycles. The van der Waals surface area contributed by atoms with E-state index in [1.807, 2.05) is 42.5 Å². The van der Waals surface area contributed by atoms with Gasteiger partial charge in [0.25, 0.3) is 11.1 Å². The van der Waals surface area contributed by atoms with Crippen LogP contribution in [0.15, 0.2) is 83.8 Å². The Balaban J connectivity index is 1.40. The van der Waals surface area contributed by atoms with Gasteiger partial charge in [-0.1, -0.05) is 48.5 Å². The van der Waals surface area contributed by atoms with Crippen molar-refractivity contribution in [2.24, 2.45) is 0 Å². The molecular weight excluding hydrogens is 573 g/mol. The van der Waals surface area contributed by atoms with Gasteiger partial charge in [0.05, 0.1) is 28.5 Å². The zero-order valence-corrected chi connectivity index (χ0v) is 22.7. The smallest absolute Gasteiger partial charge is 0.416 e. The lowest BCUT2D eigenvalue weighted by Gasteiger charge is -2.14. The molecule has 0 atom stereocenters. The number of halogens is 3. The molecule has 1 saturated heterocycles. The molecule has 0 radical (unpaired) electrons. The molecule has 8 nitrogen and oxygen atoms in total. The lowest BCUT2D eigenvalue weighted by atomic mass is 10.0. The minimum Gasteiger partial charge on any atom is -0.490 e. The quantitative estimate of drug-likeness (QED) is 0.115. The maximum atomic E-state index is 13.2. The Morgan fingerprint density at radius 2 is 1.69 bits per heavy atom. The van der Waals surface area contributed by atoms with Crippen LogP contribution in [0.5, 0.6) is 17.2 Å². The summed E-state index contributed by atoms with van der Waals surface area (Å²) in [6.45, 7) is 1.97. The maximum Gasteiger partial charge on any atom is 0.416 e. The first-order valence-corrected chi connectivity index (χ1v) is 13.4. The topological polar surface area (TPSA) is 99.0 Å². The molecule has 214 valence electrons. The van der Waals surface area contributed by atoms with Crippen LogP contribution in [-0.4, -0.2) is 27.6 Å². The first-order chi connectivity index (χ1) is 20.0. The molecule has 0 bridgehead atoms. The molecule has 42 heavy (non-hydrogen) atoms. The monoisotopic (exact) mass is 594 g/mol. The number of fused-ring (bicyclic) bond motifs is 1. The van der Waals surface area contributed by atoms with E-state index in [-0.39, 0.29) is 29.6 Å². The van der Waals surface area contributed by atoms with E-state index in [2.05, 4.69) is 0 Å². The van der Waals surface area contributed by atoms with Crippen LogP contribution in [0, 0.1) is 10.1 Å². The second-order valence-corrected chi connectivity index (χ2v) is 10.1. The number of hydrogen-bond acceptors (Lipinski definition) is 7. The minimum absolute atomic E-state index is 0.0147. The van der Waals surface area contributed by atoms with E-state index in [0.29, 0.717) is 17.7 Å². The zero-order chi connectivity index (χ0) is 30.0. The summed E-state index contributed by atoms with van der Waals surface area (Å²) >= 11 is 0.795. The van der Waals surface area contributed by atoms with Crippen LogP contribution < -0.4 is 9.47 Å². The molecule has 2 amide bonds. The third-order valence-corrected chi connectivity index (χ3v) is 7.26. The van der Waals surface area contributed by atoms with Gasteiger partial charge in [-0.05, 0) is 70.9 Å². The lowest BCUT2D eigenvalue weighted by Crippen LogP contribution is -2.27. The van der Waals surface area contributed by atoms with E-state index in [4.69, 9.17) is 9.47 Å². The number of carbonyl (C=O) groups excluding carboxylic acids is 2. The lowest BCUT2D eigenvalue weighted by molar-refractivity contribution is -0.385. The Morgan fingerprint density at radius 3 is 2.43 bits per heavy atom. The Bertz CT molecular complexity index is 1750. The Kier molecular flexibility index (Phi) is 7.90. The van der Waals surface area contributed by atoms with Gasteiger partial charge >= 0.3 is 11.9 Å². The molecule has 1 aliphatic rings. The number of amides is 2. The van der Waals surface area contributed by atoms with Gasteiger partial charge in [-0.3, -0.25) is 24.6 Å². The summed E-state index contributed by atoms with van der Waals surface area (Å²) in [5.41, 5.74) is -0.745. The average molecular weight is 595 g/mol. The second-order valence-electron chi connectivity index (χ2n) is 9.08. The first kappa shape index (κ1) is 28.7. The Morgan fingerprint density at radius 1 is 0.952 bits per heavy atom. The summed E-state index contributed by atoms with van der Waals surface area (Å²) in [7, 11) is 0. The van der Waals surface area contributed by atoms with E-state index in [1.54, 1.807) is 6.92 Å². The van der Waals surface area contributed by atoms with E-state index >= 15 is 0 Å². The van der Waals surface area contributed by atoms with E-state index < -0.39 is 39.2 Å². The SMILES string of the molecule is CCOc1cc(/C=C2\SC(=O)N(Cc3cccc4ccccc34)C2=O)ccc1Oc1ccc(C(F)(F)F)cc1[N+](=O)[O-]. The van der Waals surface area contributed by atoms with Gasteiger partial charge < -0.3 is 9.47 Å². The molecule has 0 aliphatic carbocycles. The maximum absolute atomic E-state index is 13.2. The minimum atomic E-state index is -4.77. The van der Waals surface area contributed by atoms with Crippen LogP contribution in [0.2, 0.25) is 0 Å². The van der Waals surface area contributed by atoms with Crippen molar-refractivity contribution in [2.45, 2.75) is 19.6 Å². The molecule has 1 aliphatic heterocycles. The Hall–Kier alpha value is -4.84. The Labute approximate surface area is 241 Å². The van der Waals surface area contributed by atoms with Gasteiger partial charge in [-0.2, -0.15) is 13.2 Å². The number of rotatable bonds is 8. The van der Waals surface area contributed by atoms with Crippen molar-refractivity contribution in [3.8, 4) is 17.2 Å². The summed E-state index contributed by atoms with van der Waals surface area (Å²) in [5, 5.41) is 13.0. The van der Waals surface area contributed by atoms with Crippen LogP contribution in [0.1, 0.15) is 23.6 Å². The van der Waals surface area contributed by atoms with Gasteiger partial charge in [-0.25, -0.2) is 0 Å². The summed E-state index contributed by atoms with van der Waals surface area (Å²) in [6.07, 6.45) is -3.25. The number of hydrogen-bond donors (Lipinski definition) is 0. The summed E-state index contributed by atoms with van der Waals surface area (Å²) in [4.78, 5) is 37.8. The highest BCUT2D eigenvalue weighted by atomic mass is 32.2. The van der Waals surface area contributed by atoms with Crippen LogP contribution in [0.25, 0.3) is 16.8 Å². The van der Waals surface area contributed by atoms with Crippen LogP contribution in [-0.2, 0) is 17.5 Å². The zero-order valence-electron chi connectivity index (χ0n) is 21.9. The molecule has 0 saturated carbocycles. The molecule has 12 heteroatoms. The predicted octanol–water partition coefficient (Wildman–Crippen LogP) is 8.19. The van der Waals surface area contributed by atoms with Crippen molar-refractivity contribution in [2.75, 3.05) is 6.61 Å². The predicted molar refractivity (Wildman–Crippen MR) is 151 cm³/mol. The number of carbonyl (C=O) groups is 2. The molecule has 0 aromatic heterocycles. The third-order valence-electron chi connectivity index (χ3n) is 6.35. The molecule has 0 spiro atoms.